The van der Waals surface area contributed by atoms with E-state index in [1.165, 1.54) is 12.1 Å². The maximum Gasteiger partial charge on any atom is 0.159 e. The van der Waals surface area contributed by atoms with Crippen LogP contribution in [-0.4, -0.2) is 0 Å². The molecule has 106 valence electrons. The van der Waals surface area contributed by atoms with Crippen LogP contribution in [0.25, 0.3) is 0 Å². The fraction of sp³-hybridized carbons (Fsp3) is 0.143. The SMILES string of the molecule is Fc1ccc(COc2c(Cl)cc(Cl)cc2CCl)cc1F. The third-order valence-electron chi connectivity index (χ3n) is 2.60. The van der Waals surface area contributed by atoms with Crippen molar-refractivity contribution in [3.63, 3.8) is 0 Å². The minimum atomic E-state index is -0.925. The van der Waals surface area contributed by atoms with Gasteiger partial charge in [-0.05, 0) is 29.8 Å². The van der Waals surface area contributed by atoms with Crippen molar-refractivity contribution in [2.45, 2.75) is 12.5 Å². The predicted octanol–water partition coefficient (Wildman–Crippen LogP) is 5.59. The number of rotatable bonds is 4. The summed E-state index contributed by atoms with van der Waals surface area (Å²) >= 11 is 17.7. The van der Waals surface area contributed by atoms with Gasteiger partial charge in [-0.25, -0.2) is 8.78 Å². The molecule has 0 aliphatic heterocycles. The zero-order valence-corrected chi connectivity index (χ0v) is 12.4. The molecule has 0 bridgehead atoms. The Kier molecular flexibility index (Phi) is 5.08. The third-order valence-corrected chi connectivity index (χ3v) is 3.38. The zero-order valence-electron chi connectivity index (χ0n) is 10.1. The highest BCUT2D eigenvalue weighted by molar-refractivity contribution is 6.36. The maximum absolute atomic E-state index is 13.1. The molecule has 0 heterocycles. The lowest BCUT2D eigenvalue weighted by Crippen LogP contribution is -2.00. The van der Waals surface area contributed by atoms with Crippen molar-refractivity contribution in [3.8, 4) is 5.75 Å². The Hall–Kier alpha value is -1.03. The van der Waals surface area contributed by atoms with Gasteiger partial charge >= 0.3 is 0 Å². The zero-order chi connectivity index (χ0) is 14.7. The smallest absolute Gasteiger partial charge is 0.159 e. The van der Waals surface area contributed by atoms with E-state index < -0.39 is 11.6 Å². The summed E-state index contributed by atoms with van der Waals surface area (Å²) in [5, 5.41) is 0.765. The highest BCUT2D eigenvalue weighted by Gasteiger charge is 2.11. The Balaban J connectivity index is 2.20. The maximum atomic E-state index is 13.1. The number of ether oxygens (including phenoxy) is 1. The minimum absolute atomic E-state index is 0.0441. The Labute approximate surface area is 130 Å². The minimum Gasteiger partial charge on any atom is -0.487 e. The third kappa shape index (κ3) is 3.54. The standard InChI is InChI=1S/C14H9Cl3F2O/c15-6-9-4-10(16)5-11(17)14(9)20-7-8-1-2-12(18)13(19)3-8/h1-5H,6-7H2. The van der Waals surface area contributed by atoms with Crippen LogP contribution in [0, 0.1) is 11.6 Å². The molecule has 0 saturated carbocycles. The first-order chi connectivity index (χ1) is 9.51. The van der Waals surface area contributed by atoms with E-state index in [1.807, 2.05) is 0 Å². The number of hydrogen-bond acceptors (Lipinski definition) is 1. The van der Waals surface area contributed by atoms with E-state index in [1.54, 1.807) is 6.07 Å². The molecule has 1 nitrogen and oxygen atoms in total. The van der Waals surface area contributed by atoms with Crippen LogP contribution < -0.4 is 4.74 Å². The lowest BCUT2D eigenvalue weighted by molar-refractivity contribution is 0.303. The van der Waals surface area contributed by atoms with Crippen molar-refractivity contribution in [2.75, 3.05) is 0 Å². The molecule has 2 aromatic carbocycles. The molecular formula is C14H9Cl3F2O. The summed E-state index contributed by atoms with van der Waals surface area (Å²) < 4.78 is 31.4. The summed E-state index contributed by atoms with van der Waals surface area (Å²) in [5.41, 5.74) is 1.11. The van der Waals surface area contributed by atoms with Gasteiger partial charge in [0, 0.05) is 10.6 Å². The van der Waals surface area contributed by atoms with Gasteiger partial charge in [0.05, 0.1) is 10.9 Å². The summed E-state index contributed by atoms with van der Waals surface area (Å²) in [6.45, 7) is 0.0441. The first-order valence-corrected chi connectivity index (χ1v) is 6.91. The Morgan fingerprint density at radius 1 is 1.00 bits per heavy atom. The largest absolute Gasteiger partial charge is 0.487 e. The van der Waals surface area contributed by atoms with Crippen LogP contribution in [0.4, 0.5) is 8.78 Å². The highest BCUT2D eigenvalue weighted by Crippen LogP contribution is 2.34. The van der Waals surface area contributed by atoms with E-state index in [-0.39, 0.29) is 12.5 Å². The average molecular weight is 338 g/mol. The lowest BCUT2D eigenvalue weighted by Gasteiger charge is -2.12. The van der Waals surface area contributed by atoms with Gasteiger partial charge in [0.1, 0.15) is 12.4 Å². The van der Waals surface area contributed by atoms with E-state index in [2.05, 4.69) is 0 Å². The van der Waals surface area contributed by atoms with Gasteiger partial charge in [0.25, 0.3) is 0 Å². The molecule has 0 aliphatic rings. The molecule has 6 heteroatoms. The molecule has 0 unspecified atom stereocenters. The van der Waals surface area contributed by atoms with Crippen molar-refractivity contribution in [1.82, 2.24) is 0 Å². The molecule has 0 saturated heterocycles. The van der Waals surface area contributed by atoms with E-state index in [0.717, 1.165) is 12.1 Å². The van der Waals surface area contributed by atoms with Crippen LogP contribution in [-0.2, 0) is 12.5 Å². The predicted molar refractivity (Wildman–Crippen MR) is 76.7 cm³/mol. The second-order valence-electron chi connectivity index (χ2n) is 4.05. The first-order valence-electron chi connectivity index (χ1n) is 5.62. The Bertz CT molecular complexity index is 632. The van der Waals surface area contributed by atoms with Crippen molar-refractivity contribution >= 4 is 34.8 Å². The van der Waals surface area contributed by atoms with Crippen LogP contribution in [0.15, 0.2) is 30.3 Å². The monoisotopic (exact) mass is 336 g/mol. The molecule has 0 N–H and O–H groups in total. The molecule has 0 amide bonds. The normalized spacial score (nSPS) is 10.7. The average Bonchev–Trinajstić information content (AvgIpc) is 2.40. The molecule has 0 atom stereocenters. The quantitative estimate of drug-likeness (QED) is 0.661. The molecule has 2 aromatic rings. The van der Waals surface area contributed by atoms with Crippen molar-refractivity contribution in [3.05, 3.63) is 63.1 Å². The van der Waals surface area contributed by atoms with Crippen LogP contribution in [0.1, 0.15) is 11.1 Å². The van der Waals surface area contributed by atoms with Gasteiger partial charge in [-0.3, -0.25) is 0 Å². The number of hydrogen-bond donors (Lipinski definition) is 0. The van der Waals surface area contributed by atoms with Crippen molar-refractivity contribution in [2.24, 2.45) is 0 Å². The second-order valence-corrected chi connectivity index (χ2v) is 5.16. The Morgan fingerprint density at radius 2 is 1.75 bits per heavy atom. The van der Waals surface area contributed by atoms with Crippen LogP contribution in [0.2, 0.25) is 10.0 Å². The summed E-state index contributed by atoms with van der Waals surface area (Å²) in [5.74, 6) is -1.27. The fourth-order valence-corrected chi connectivity index (χ4v) is 2.45. The van der Waals surface area contributed by atoms with Crippen molar-refractivity contribution in [1.29, 1.82) is 0 Å². The molecule has 20 heavy (non-hydrogen) atoms. The molecular weight excluding hydrogens is 329 g/mol. The van der Waals surface area contributed by atoms with Gasteiger partial charge in [0.15, 0.2) is 11.6 Å². The topological polar surface area (TPSA) is 9.23 Å². The van der Waals surface area contributed by atoms with Gasteiger partial charge < -0.3 is 4.74 Å². The summed E-state index contributed by atoms with van der Waals surface area (Å²) in [4.78, 5) is 0. The highest BCUT2D eigenvalue weighted by atomic mass is 35.5. The molecule has 0 spiro atoms. The van der Waals surface area contributed by atoms with Gasteiger partial charge in [-0.15, -0.1) is 11.6 Å². The molecule has 0 aromatic heterocycles. The molecule has 0 fully saturated rings. The van der Waals surface area contributed by atoms with Crippen LogP contribution >= 0.6 is 34.8 Å². The number of halogens is 5. The fourth-order valence-electron chi connectivity index (χ4n) is 1.66. The summed E-state index contributed by atoms with van der Waals surface area (Å²) in [6.07, 6.45) is 0. The first kappa shape index (κ1) is 15.4. The van der Waals surface area contributed by atoms with E-state index in [0.29, 0.717) is 26.9 Å². The summed E-state index contributed by atoms with van der Waals surface area (Å²) in [7, 11) is 0. The van der Waals surface area contributed by atoms with Gasteiger partial charge in [-0.1, -0.05) is 29.3 Å². The van der Waals surface area contributed by atoms with Gasteiger partial charge in [0.2, 0.25) is 0 Å². The van der Waals surface area contributed by atoms with Crippen molar-refractivity contribution < 1.29 is 13.5 Å². The van der Waals surface area contributed by atoms with Crippen LogP contribution in [0.3, 0.4) is 0 Å². The lowest BCUT2D eigenvalue weighted by atomic mass is 10.2. The van der Waals surface area contributed by atoms with Crippen LogP contribution in [0.5, 0.6) is 5.75 Å². The van der Waals surface area contributed by atoms with Gasteiger partial charge in [-0.2, -0.15) is 0 Å². The summed E-state index contributed by atoms with van der Waals surface area (Å²) in [6, 6.07) is 6.71. The number of benzene rings is 2. The van der Waals surface area contributed by atoms with E-state index in [4.69, 9.17) is 39.5 Å². The van der Waals surface area contributed by atoms with E-state index in [9.17, 15) is 8.78 Å². The number of alkyl halides is 1. The molecule has 0 aliphatic carbocycles. The Morgan fingerprint density at radius 3 is 2.40 bits per heavy atom. The molecule has 2 rings (SSSR count). The molecule has 0 radical (unpaired) electrons. The van der Waals surface area contributed by atoms with E-state index >= 15 is 0 Å². The second kappa shape index (κ2) is 6.61.